The van der Waals surface area contributed by atoms with Gasteiger partial charge in [0.05, 0.1) is 0 Å². The second-order valence-electron chi connectivity index (χ2n) is 7.04. The molecule has 23 heavy (non-hydrogen) atoms. The van der Waals surface area contributed by atoms with Crippen LogP contribution in [0.25, 0.3) is 0 Å². The number of nitrogens with zero attached hydrogens (tertiary/aromatic N) is 1. The summed E-state index contributed by atoms with van der Waals surface area (Å²) in [6, 6.07) is 6.94. The zero-order chi connectivity index (χ0) is 17.0. The van der Waals surface area contributed by atoms with Gasteiger partial charge in [-0.25, -0.2) is 4.98 Å². The zero-order valence-electron chi connectivity index (χ0n) is 14.4. The number of aromatic nitrogens is 2. The largest absolute Gasteiger partial charge is 0.369 e. The Morgan fingerprint density at radius 3 is 2.43 bits per heavy atom. The van der Waals surface area contributed by atoms with Crippen LogP contribution in [0.1, 0.15) is 55.0 Å². The molecular weight excluding hydrogens is 282 g/mol. The summed E-state index contributed by atoms with van der Waals surface area (Å²) in [6.07, 6.45) is 15.1. The Hall–Kier alpha value is -2.21. The molecule has 0 amide bonds. The summed E-state index contributed by atoms with van der Waals surface area (Å²) < 4.78 is 0. The molecule has 2 aliphatic rings. The van der Waals surface area contributed by atoms with E-state index in [2.05, 4.69) is 54.9 Å². The lowest BCUT2D eigenvalue weighted by Crippen LogP contribution is -1.95. The molecule has 3 heteroatoms. The number of terminal acetylenes is 1. The average molecular weight is 309 g/mol. The topological polar surface area (TPSA) is 54.7 Å². The maximum absolute atomic E-state index is 5.21. The first-order chi connectivity index (χ1) is 11.0. The number of aromatic amines is 1. The van der Waals surface area contributed by atoms with Crippen LogP contribution in [0.15, 0.2) is 24.4 Å². The summed E-state index contributed by atoms with van der Waals surface area (Å²) in [5.74, 6) is 1.34. The van der Waals surface area contributed by atoms with E-state index in [1.807, 2.05) is 6.92 Å². The van der Waals surface area contributed by atoms with Crippen LogP contribution in [0.4, 0.5) is 5.95 Å². The first-order valence-corrected chi connectivity index (χ1v) is 8.18. The Balaban J connectivity index is 0.000000181. The van der Waals surface area contributed by atoms with E-state index in [4.69, 9.17) is 5.73 Å². The average Bonchev–Trinajstić information content (AvgIpc) is 2.89. The highest BCUT2D eigenvalue weighted by atomic mass is 15.0. The van der Waals surface area contributed by atoms with Gasteiger partial charge in [-0.1, -0.05) is 32.0 Å². The molecule has 0 bridgehead atoms. The van der Waals surface area contributed by atoms with Crippen LogP contribution in [0.5, 0.6) is 0 Å². The van der Waals surface area contributed by atoms with E-state index in [9.17, 15) is 0 Å². The van der Waals surface area contributed by atoms with Gasteiger partial charge < -0.3 is 10.7 Å². The molecule has 1 aromatic heterocycles. The fourth-order valence-corrected chi connectivity index (χ4v) is 3.41. The van der Waals surface area contributed by atoms with Gasteiger partial charge >= 0.3 is 0 Å². The lowest BCUT2D eigenvalue weighted by atomic mass is 9.96. The highest BCUT2D eigenvalue weighted by Crippen LogP contribution is 2.59. The third kappa shape index (κ3) is 3.96. The van der Waals surface area contributed by atoms with Crippen molar-refractivity contribution in [1.29, 1.82) is 0 Å². The van der Waals surface area contributed by atoms with Gasteiger partial charge in [0, 0.05) is 11.9 Å². The van der Waals surface area contributed by atoms with Crippen molar-refractivity contribution in [3.05, 3.63) is 46.8 Å². The second kappa shape index (κ2) is 6.91. The van der Waals surface area contributed by atoms with Crippen molar-refractivity contribution in [2.75, 3.05) is 5.73 Å². The minimum Gasteiger partial charge on any atom is -0.369 e. The fourth-order valence-electron chi connectivity index (χ4n) is 3.41. The second-order valence-corrected chi connectivity index (χ2v) is 7.04. The third-order valence-electron chi connectivity index (χ3n) is 4.79. The number of nitrogens with two attached hydrogens (primary N) is 1. The molecule has 0 radical (unpaired) electrons. The van der Waals surface area contributed by atoms with Gasteiger partial charge in [0.15, 0.2) is 5.95 Å². The lowest BCUT2D eigenvalue weighted by Gasteiger charge is -2.09. The van der Waals surface area contributed by atoms with Crippen molar-refractivity contribution in [3.8, 4) is 12.8 Å². The van der Waals surface area contributed by atoms with Crippen molar-refractivity contribution in [2.45, 2.75) is 52.4 Å². The Labute approximate surface area is 139 Å². The summed E-state index contributed by atoms with van der Waals surface area (Å²) in [7, 11) is 0. The maximum Gasteiger partial charge on any atom is 0.197 e. The Morgan fingerprint density at radius 1 is 1.26 bits per heavy atom. The molecule has 3 N–H and O–H groups in total. The van der Waals surface area contributed by atoms with Crippen LogP contribution in [0.2, 0.25) is 0 Å². The summed E-state index contributed by atoms with van der Waals surface area (Å²) in [5, 5.41) is 0. The number of fused-ring (bicyclic) bond motifs is 1. The van der Waals surface area contributed by atoms with Crippen LogP contribution < -0.4 is 5.73 Å². The number of nitrogen functional groups attached to an aromatic ring is 1. The summed E-state index contributed by atoms with van der Waals surface area (Å²) in [4.78, 5) is 6.54. The number of benzene rings is 1. The van der Waals surface area contributed by atoms with Gasteiger partial charge in [0.25, 0.3) is 0 Å². The molecule has 1 heterocycles. The van der Waals surface area contributed by atoms with E-state index in [0.29, 0.717) is 11.4 Å². The number of aryl methyl sites for hydroxylation is 2. The van der Waals surface area contributed by atoms with Gasteiger partial charge in [-0.15, -0.1) is 12.8 Å². The fraction of sp³-hybridized carbons (Fsp3) is 0.450. The van der Waals surface area contributed by atoms with E-state index in [1.165, 1.54) is 25.7 Å². The van der Waals surface area contributed by atoms with E-state index in [0.717, 1.165) is 11.6 Å². The number of hydrogen-bond acceptors (Lipinski definition) is 2. The number of anilines is 1. The third-order valence-corrected chi connectivity index (χ3v) is 4.79. The summed E-state index contributed by atoms with van der Waals surface area (Å²) in [6.45, 7) is 6.70. The Bertz CT molecular complexity index is 663. The molecule has 122 valence electrons. The first-order valence-electron chi connectivity index (χ1n) is 8.18. The number of H-pyrrole nitrogens is 1. The summed E-state index contributed by atoms with van der Waals surface area (Å²) in [5.41, 5.74) is 11.8. The van der Waals surface area contributed by atoms with Crippen molar-refractivity contribution in [1.82, 2.24) is 9.97 Å². The molecule has 0 unspecified atom stereocenters. The number of hydrogen-bond donors (Lipinski definition) is 2. The minimum absolute atomic E-state index is 0.484. The SMILES string of the molecule is C#C.CC1(C)C[C@H]1c1cccc2c1CCC2.Cc1cnc(N)[nH]1. The normalized spacial score (nSPS) is 19.6. The van der Waals surface area contributed by atoms with Gasteiger partial charge in [-0.2, -0.15) is 0 Å². The van der Waals surface area contributed by atoms with Gasteiger partial charge in [-0.05, 0) is 60.6 Å². The standard InChI is InChI=1S/C14H18.C4H7N3.C2H2/c1-14(2)9-13(14)12-8-4-6-10-5-3-7-11(10)12;1-3-2-6-4(5)7-3;1-2/h4,6,8,13H,3,5,7,9H2,1-2H3;2H,1H3,(H3,5,6,7);1-2H/t13-;;/m0../s1. The number of imidazole rings is 1. The molecule has 2 aromatic rings. The molecule has 1 aromatic carbocycles. The predicted molar refractivity (Wildman–Crippen MR) is 97.2 cm³/mol. The van der Waals surface area contributed by atoms with Gasteiger partial charge in [0.1, 0.15) is 0 Å². The van der Waals surface area contributed by atoms with Crippen molar-refractivity contribution < 1.29 is 0 Å². The number of nitrogens with one attached hydrogen (secondary N) is 1. The van der Waals surface area contributed by atoms with E-state index < -0.39 is 0 Å². The molecule has 0 aliphatic heterocycles. The van der Waals surface area contributed by atoms with Crippen LogP contribution >= 0.6 is 0 Å². The lowest BCUT2D eigenvalue weighted by molar-refractivity contribution is 0.620. The van der Waals surface area contributed by atoms with Crippen LogP contribution in [0.3, 0.4) is 0 Å². The highest BCUT2D eigenvalue weighted by Gasteiger charge is 2.47. The monoisotopic (exact) mass is 309 g/mol. The summed E-state index contributed by atoms with van der Waals surface area (Å²) >= 11 is 0. The smallest absolute Gasteiger partial charge is 0.197 e. The molecule has 1 saturated carbocycles. The van der Waals surface area contributed by atoms with E-state index in [1.54, 1.807) is 22.9 Å². The highest BCUT2D eigenvalue weighted by molar-refractivity contribution is 5.43. The minimum atomic E-state index is 0.484. The molecule has 1 fully saturated rings. The molecule has 3 nitrogen and oxygen atoms in total. The Morgan fingerprint density at radius 2 is 1.96 bits per heavy atom. The molecular formula is C20H27N3. The van der Waals surface area contributed by atoms with Crippen molar-refractivity contribution >= 4 is 5.95 Å². The van der Waals surface area contributed by atoms with Crippen LogP contribution in [0, 0.1) is 25.2 Å². The molecule has 0 saturated heterocycles. The molecule has 1 atom stereocenters. The molecule has 0 spiro atoms. The number of rotatable bonds is 1. The maximum atomic E-state index is 5.21. The van der Waals surface area contributed by atoms with Crippen LogP contribution in [-0.4, -0.2) is 9.97 Å². The molecule has 4 rings (SSSR count). The van der Waals surface area contributed by atoms with Gasteiger partial charge in [0.2, 0.25) is 0 Å². The van der Waals surface area contributed by atoms with Crippen molar-refractivity contribution in [2.24, 2.45) is 5.41 Å². The Kier molecular flexibility index (Phi) is 5.15. The van der Waals surface area contributed by atoms with E-state index in [-0.39, 0.29) is 0 Å². The predicted octanol–water partition coefficient (Wildman–Crippen LogP) is 4.24. The molecule has 2 aliphatic carbocycles. The van der Waals surface area contributed by atoms with Gasteiger partial charge in [-0.3, -0.25) is 0 Å². The quantitative estimate of drug-likeness (QED) is 0.774. The van der Waals surface area contributed by atoms with Crippen molar-refractivity contribution in [3.63, 3.8) is 0 Å². The van der Waals surface area contributed by atoms with E-state index >= 15 is 0 Å². The first kappa shape index (κ1) is 17.1. The zero-order valence-corrected chi connectivity index (χ0v) is 14.4. The van der Waals surface area contributed by atoms with Crippen LogP contribution in [-0.2, 0) is 12.8 Å².